The number of hydrogen-bond acceptors (Lipinski definition) is 1. The van der Waals surface area contributed by atoms with Gasteiger partial charge in [0.05, 0.1) is 6.04 Å². The zero-order chi connectivity index (χ0) is 15.9. The van der Waals surface area contributed by atoms with E-state index in [-0.39, 0.29) is 6.04 Å². The Hall–Kier alpha value is -2.28. The molecule has 0 saturated carbocycles. The molecule has 0 spiro atoms. The van der Waals surface area contributed by atoms with Gasteiger partial charge in [-0.15, -0.1) is 0 Å². The van der Waals surface area contributed by atoms with Gasteiger partial charge < -0.3 is 5.32 Å². The van der Waals surface area contributed by atoms with Crippen LogP contribution in [-0.2, 0) is 0 Å². The van der Waals surface area contributed by atoms with E-state index in [4.69, 9.17) is 0 Å². The third-order valence-corrected chi connectivity index (χ3v) is 3.52. The normalized spacial score (nSPS) is 11.5. The highest BCUT2D eigenvalue weighted by molar-refractivity contribution is 5.67. The molecule has 0 saturated heterocycles. The van der Waals surface area contributed by atoms with Crippen LogP contribution in [0.1, 0.15) is 44.9 Å². The van der Waals surface area contributed by atoms with Gasteiger partial charge in [0.15, 0.2) is 0 Å². The minimum atomic E-state index is 0.177. The van der Waals surface area contributed by atoms with Gasteiger partial charge in [0.1, 0.15) is 0 Å². The van der Waals surface area contributed by atoms with E-state index in [2.05, 4.69) is 99.8 Å². The molecule has 1 atom stereocenters. The van der Waals surface area contributed by atoms with Crippen molar-refractivity contribution in [3.05, 3.63) is 89.0 Å². The quantitative estimate of drug-likeness (QED) is 0.693. The van der Waals surface area contributed by atoms with Gasteiger partial charge in [0, 0.05) is 5.70 Å². The van der Waals surface area contributed by atoms with Gasteiger partial charge in [-0.3, -0.25) is 0 Å². The van der Waals surface area contributed by atoms with Gasteiger partial charge in [0.25, 0.3) is 0 Å². The fourth-order valence-electron chi connectivity index (χ4n) is 2.49. The maximum atomic E-state index is 3.72. The molecule has 1 N–H and O–H groups in total. The van der Waals surface area contributed by atoms with E-state index < -0.39 is 0 Å². The third kappa shape index (κ3) is 4.36. The molecule has 0 aliphatic heterocycles. The van der Waals surface area contributed by atoms with Crippen molar-refractivity contribution >= 4 is 5.70 Å². The van der Waals surface area contributed by atoms with E-state index in [1.54, 1.807) is 0 Å². The van der Waals surface area contributed by atoms with Crippen molar-refractivity contribution in [1.82, 2.24) is 5.32 Å². The Morgan fingerprint density at radius 1 is 0.818 bits per heavy atom. The lowest BCUT2D eigenvalue weighted by Gasteiger charge is -2.22. The molecule has 0 amide bonds. The van der Waals surface area contributed by atoms with Crippen LogP contribution in [-0.4, -0.2) is 0 Å². The summed E-state index contributed by atoms with van der Waals surface area (Å²) in [5, 5.41) is 3.72. The minimum Gasteiger partial charge on any atom is -0.374 e. The first-order valence-corrected chi connectivity index (χ1v) is 7.77. The van der Waals surface area contributed by atoms with Crippen LogP contribution in [0.2, 0.25) is 0 Å². The largest absolute Gasteiger partial charge is 0.374 e. The van der Waals surface area contributed by atoms with Crippen LogP contribution >= 0.6 is 0 Å². The molecule has 2 aromatic rings. The second-order valence-corrected chi connectivity index (χ2v) is 6.02. The molecule has 2 aromatic carbocycles. The molecule has 114 valence electrons. The second-order valence-electron chi connectivity index (χ2n) is 6.02. The molecule has 0 bridgehead atoms. The molecule has 0 radical (unpaired) electrons. The van der Waals surface area contributed by atoms with Crippen molar-refractivity contribution in [3.63, 3.8) is 0 Å². The maximum Gasteiger partial charge on any atom is 0.0700 e. The molecule has 0 fully saturated rings. The Balaban J connectivity index is 2.37. The maximum absolute atomic E-state index is 3.72. The Bertz CT molecular complexity index is 643. The molecular weight excluding hydrogens is 266 g/mol. The zero-order valence-electron chi connectivity index (χ0n) is 13.9. The lowest BCUT2D eigenvalue weighted by atomic mass is 10.0. The molecule has 2 rings (SSSR count). The molecule has 22 heavy (non-hydrogen) atoms. The van der Waals surface area contributed by atoms with Crippen molar-refractivity contribution in [1.29, 1.82) is 0 Å². The van der Waals surface area contributed by atoms with Crippen molar-refractivity contribution in [3.8, 4) is 0 Å². The smallest absolute Gasteiger partial charge is 0.0700 e. The summed E-state index contributed by atoms with van der Waals surface area (Å²) in [5.41, 5.74) is 6.30. The molecule has 1 heteroatoms. The summed E-state index contributed by atoms with van der Waals surface area (Å²) < 4.78 is 0. The Morgan fingerprint density at radius 3 is 1.86 bits per heavy atom. The lowest BCUT2D eigenvalue weighted by molar-refractivity contribution is 0.761. The summed E-state index contributed by atoms with van der Waals surface area (Å²) in [6.45, 7) is 8.59. The average molecular weight is 291 g/mol. The molecule has 0 aliphatic rings. The predicted molar refractivity (Wildman–Crippen MR) is 96.5 cm³/mol. The summed E-state index contributed by atoms with van der Waals surface area (Å²) in [6, 6.07) is 21.3. The molecule has 1 unspecified atom stereocenters. The predicted octanol–water partition coefficient (Wildman–Crippen LogP) is 5.73. The summed E-state index contributed by atoms with van der Waals surface area (Å²) in [4.78, 5) is 0. The fraction of sp³-hybridized carbons (Fsp3) is 0.238. The number of nitrogens with one attached hydrogen (secondary N) is 1. The highest BCUT2D eigenvalue weighted by atomic mass is 14.9. The molecule has 1 nitrogen and oxygen atoms in total. The van der Waals surface area contributed by atoms with Gasteiger partial charge in [-0.1, -0.05) is 77.9 Å². The molecule has 0 aliphatic carbocycles. The van der Waals surface area contributed by atoms with Gasteiger partial charge in [-0.2, -0.15) is 0 Å². The second kappa shape index (κ2) is 7.65. The Morgan fingerprint density at radius 2 is 1.36 bits per heavy atom. The van der Waals surface area contributed by atoms with Gasteiger partial charge in [0.2, 0.25) is 0 Å². The number of allylic oxidation sites excluding steroid dienone is 2. The first-order chi connectivity index (χ1) is 10.6. The van der Waals surface area contributed by atoms with E-state index >= 15 is 0 Å². The van der Waals surface area contributed by atoms with Crippen molar-refractivity contribution in [2.24, 2.45) is 0 Å². The Kier molecular flexibility index (Phi) is 5.60. The molecular formula is C21H25N. The summed E-state index contributed by atoms with van der Waals surface area (Å²) in [6.07, 6.45) is 2.28. The first kappa shape index (κ1) is 16.1. The molecule has 0 aromatic heterocycles. The Labute approximate surface area is 134 Å². The average Bonchev–Trinajstić information content (AvgIpc) is 2.52. The summed E-state index contributed by atoms with van der Waals surface area (Å²) in [5.74, 6) is 0. The van der Waals surface area contributed by atoms with Crippen molar-refractivity contribution in [2.75, 3.05) is 0 Å². The van der Waals surface area contributed by atoms with E-state index in [0.29, 0.717) is 0 Å². The van der Waals surface area contributed by atoms with Gasteiger partial charge >= 0.3 is 0 Å². The summed E-state index contributed by atoms with van der Waals surface area (Å²) >= 11 is 0. The van der Waals surface area contributed by atoms with Crippen molar-refractivity contribution < 1.29 is 0 Å². The van der Waals surface area contributed by atoms with Crippen LogP contribution in [0.5, 0.6) is 0 Å². The van der Waals surface area contributed by atoms with Crippen molar-refractivity contribution in [2.45, 2.75) is 33.7 Å². The zero-order valence-corrected chi connectivity index (χ0v) is 13.9. The first-order valence-electron chi connectivity index (χ1n) is 7.77. The highest BCUT2D eigenvalue weighted by Gasteiger charge is 2.12. The third-order valence-electron chi connectivity index (χ3n) is 3.52. The fourth-order valence-corrected chi connectivity index (χ4v) is 2.49. The summed E-state index contributed by atoms with van der Waals surface area (Å²) in [7, 11) is 0. The van der Waals surface area contributed by atoms with Crippen LogP contribution in [0.15, 0.2) is 77.9 Å². The molecule has 0 heterocycles. The number of rotatable bonds is 5. The van der Waals surface area contributed by atoms with Crippen LogP contribution in [0.4, 0.5) is 0 Å². The lowest BCUT2D eigenvalue weighted by Crippen LogP contribution is -2.19. The number of benzene rings is 2. The van der Waals surface area contributed by atoms with Gasteiger partial charge in [-0.05, 0) is 38.8 Å². The number of hydrogen-bond donors (Lipinski definition) is 1. The van der Waals surface area contributed by atoms with Crippen LogP contribution in [0, 0.1) is 0 Å². The van der Waals surface area contributed by atoms with E-state index in [0.717, 1.165) is 0 Å². The standard InChI is InChI=1S/C21H25N/c1-16(2)15-20(18-11-7-5-8-12-18)22-21(17(3)4)19-13-9-6-10-14-19/h5-15,20,22H,1-4H3. The van der Waals surface area contributed by atoms with E-state index in [1.165, 1.54) is 28.0 Å². The van der Waals surface area contributed by atoms with Gasteiger partial charge in [-0.25, -0.2) is 0 Å². The van der Waals surface area contributed by atoms with E-state index in [9.17, 15) is 0 Å². The van der Waals surface area contributed by atoms with E-state index in [1.807, 2.05) is 0 Å². The topological polar surface area (TPSA) is 12.0 Å². The van der Waals surface area contributed by atoms with Crippen LogP contribution in [0.3, 0.4) is 0 Å². The monoisotopic (exact) mass is 291 g/mol. The highest BCUT2D eigenvalue weighted by Crippen LogP contribution is 2.23. The minimum absolute atomic E-state index is 0.177. The van der Waals surface area contributed by atoms with Crippen LogP contribution in [0.25, 0.3) is 5.70 Å². The SMILES string of the molecule is CC(C)=CC(NC(=C(C)C)c1ccccc1)c1ccccc1. The van der Waals surface area contributed by atoms with Crippen LogP contribution < -0.4 is 5.32 Å².